The first-order valence-corrected chi connectivity index (χ1v) is 10.3. The number of hydrogen-bond donors (Lipinski definition) is 0. The van der Waals surface area contributed by atoms with Crippen LogP contribution in [0.3, 0.4) is 0 Å². The number of fused-ring (bicyclic) bond motifs is 3. The van der Waals surface area contributed by atoms with Crippen LogP contribution in [0.4, 0.5) is 0 Å². The fraction of sp³-hybridized carbons (Fsp3) is 0.0667. The minimum absolute atomic E-state index is 1.06. The molecular weight excluding hydrogens is 360 g/mol. The Balaban J connectivity index is 2.04. The van der Waals surface area contributed by atoms with Crippen molar-refractivity contribution in [3.05, 3.63) is 121 Å². The van der Waals surface area contributed by atoms with Gasteiger partial charge in [-0.25, -0.2) is 0 Å². The lowest BCUT2D eigenvalue weighted by Crippen LogP contribution is -1.91. The van der Waals surface area contributed by atoms with E-state index in [0.29, 0.717) is 0 Å². The zero-order valence-corrected chi connectivity index (χ0v) is 17.7. The van der Waals surface area contributed by atoms with Gasteiger partial charge in [-0.1, -0.05) is 91.6 Å². The normalized spacial score (nSPS) is 12.0. The maximum Gasteiger partial charge on any atom is -0.00986 e. The second-order valence-corrected chi connectivity index (χ2v) is 7.61. The fourth-order valence-corrected chi connectivity index (χ4v) is 4.02. The molecule has 4 aromatic rings. The molecule has 30 heavy (non-hydrogen) atoms. The Morgan fingerprint density at radius 1 is 0.800 bits per heavy atom. The van der Waals surface area contributed by atoms with Crippen LogP contribution in [0, 0.1) is 0 Å². The third kappa shape index (κ3) is 3.65. The first kappa shape index (κ1) is 19.7. The molecule has 0 aromatic heterocycles. The standard InChI is InChI=1S/C30H26/c1-5-7-12-22(6-2)25-17-24(21(3)4)18-26(19-25)30-20-23-13-8-9-14-27(23)28-15-10-11-16-29(28)30/h5-20H,1,3H2,2,4H3/b12-7-,22-6+. The molecule has 146 valence electrons. The van der Waals surface area contributed by atoms with Crippen molar-refractivity contribution < 1.29 is 0 Å². The predicted molar refractivity (Wildman–Crippen MR) is 135 cm³/mol. The van der Waals surface area contributed by atoms with Crippen LogP contribution in [-0.4, -0.2) is 0 Å². The molecule has 0 spiro atoms. The summed E-state index contributed by atoms with van der Waals surface area (Å²) in [6.45, 7) is 12.2. The summed E-state index contributed by atoms with van der Waals surface area (Å²) >= 11 is 0. The van der Waals surface area contributed by atoms with Crippen LogP contribution in [0.15, 0.2) is 110 Å². The summed E-state index contributed by atoms with van der Waals surface area (Å²) in [5.74, 6) is 0. The smallest absolute Gasteiger partial charge is 0.00986 e. The van der Waals surface area contributed by atoms with Gasteiger partial charge in [0.25, 0.3) is 0 Å². The van der Waals surface area contributed by atoms with Crippen molar-refractivity contribution in [3.63, 3.8) is 0 Å². The van der Waals surface area contributed by atoms with Gasteiger partial charge in [-0.15, -0.1) is 0 Å². The van der Waals surface area contributed by atoms with E-state index in [9.17, 15) is 0 Å². The summed E-state index contributed by atoms with van der Waals surface area (Å²) in [4.78, 5) is 0. The van der Waals surface area contributed by atoms with E-state index in [4.69, 9.17) is 0 Å². The molecule has 4 aromatic carbocycles. The number of hydrogen-bond acceptors (Lipinski definition) is 0. The molecule has 0 bridgehead atoms. The largest absolute Gasteiger partial charge is 0.0991 e. The molecule has 0 nitrogen and oxygen atoms in total. The lowest BCUT2D eigenvalue weighted by atomic mass is 9.89. The Morgan fingerprint density at radius 2 is 1.47 bits per heavy atom. The van der Waals surface area contributed by atoms with Gasteiger partial charge >= 0.3 is 0 Å². The van der Waals surface area contributed by atoms with Crippen LogP contribution in [0.1, 0.15) is 25.0 Å². The molecule has 0 aliphatic rings. The first-order chi connectivity index (χ1) is 14.6. The molecule has 0 unspecified atom stereocenters. The van der Waals surface area contributed by atoms with Gasteiger partial charge < -0.3 is 0 Å². The van der Waals surface area contributed by atoms with E-state index in [1.54, 1.807) is 0 Å². The minimum Gasteiger partial charge on any atom is -0.0991 e. The Hall–Kier alpha value is -3.64. The highest BCUT2D eigenvalue weighted by Gasteiger charge is 2.11. The maximum atomic E-state index is 4.21. The van der Waals surface area contributed by atoms with Crippen molar-refractivity contribution in [1.29, 1.82) is 0 Å². The number of allylic oxidation sites excluding steroid dienone is 6. The van der Waals surface area contributed by atoms with Gasteiger partial charge in [0, 0.05) is 0 Å². The van der Waals surface area contributed by atoms with Crippen LogP contribution in [0.25, 0.3) is 43.8 Å². The zero-order valence-electron chi connectivity index (χ0n) is 17.7. The third-order valence-corrected chi connectivity index (χ3v) is 5.56. The Bertz CT molecular complexity index is 1330. The lowest BCUT2D eigenvalue weighted by molar-refractivity contribution is 1.52. The van der Waals surface area contributed by atoms with E-state index < -0.39 is 0 Å². The van der Waals surface area contributed by atoms with Gasteiger partial charge in [-0.2, -0.15) is 0 Å². The summed E-state index contributed by atoms with van der Waals surface area (Å²) in [5, 5.41) is 5.10. The van der Waals surface area contributed by atoms with Crippen LogP contribution in [-0.2, 0) is 0 Å². The molecule has 0 radical (unpaired) electrons. The molecule has 0 saturated carbocycles. The highest BCUT2D eigenvalue weighted by molar-refractivity contribution is 6.13. The van der Waals surface area contributed by atoms with Gasteiger partial charge in [0.05, 0.1) is 0 Å². The molecule has 0 fully saturated rings. The summed E-state index contributed by atoms with van der Waals surface area (Å²) in [6, 6.07) is 26.4. The van der Waals surface area contributed by atoms with Gasteiger partial charge in [0.15, 0.2) is 0 Å². The topological polar surface area (TPSA) is 0 Å². The molecule has 0 N–H and O–H groups in total. The zero-order chi connectivity index (χ0) is 21.1. The van der Waals surface area contributed by atoms with E-state index in [2.05, 4.69) is 112 Å². The van der Waals surface area contributed by atoms with E-state index >= 15 is 0 Å². The maximum absolute atomic E-state index is 4.21. The van der Waals surface area contributed by atoms with E-state index in [1.165, 1.54) is 43.8 Å². The van der Waals surface area contributed by atoms with Crippen molar-refractivity contribution in [3.8, 4) is 11.1 Å². The van der Waals surface area contributed by atoms with Crippen molar-refractivity contribution in [1.82, 2.24) is 0 Å². The number of rotatable bonds is 5. The highest BCUT2D eigenvalue weighted by Crippen LogP contribution is 2.37. The Labute approximate surface area is 179 Å². The van der Waals surface area contributed by atoms with Crippen molar-refractivity contribution >= 4 is 32.7 Å². The van der Waals surface area contributed by atoms with Crippen LogP contribution >= 0.6 is 0 Å². The highest BCUT2D eigenvalue weighted by atomic mass is 14.1. The molecule has 0 heteroatoms. The third-order valence-electron chi connectivity index (χ3n) is 5.56. The average Bonchev–Trinajstić information content (AvgIpc) is 2.79. The van der Waals surface area contributed by atoms with E-state index in [1.807, 2.05) is 12.2 Å². The van der Waals surface area contributed by atoms with E-state index in [-0.39, 0.29) is 0 Å². The molecule has 0 amide bonds. The fourth-order valence-electron chi connectivity index (χ4n) is 4.02. The molecule has 0 atom stereocenters. The van der Waals surface area contributed by atoms with Crippen molar-refractivity contribution in [2.75, 3.05) is 0 Å². The molecule has 4 rings (SSSR count). The van der Waals surface area contributed by atoms with E-state index in [0.717, 1.165) is 11.1 Å². The predicted octanol–water partition coefficient (Wildman–Crippen LogP) is 8.84. The summed E-state index contributed by atoms with van der Waals surface area (Å²) in [6.07, 6.45) is 8.03. The molecule has 0 saturated heterocycles. The molecule has 0 aliphatic carbocycles. The van der Waals surface area contributed by atoms with Crippen molar-refractivity contribution in [2.24, 2.45) is 0 Å². The Morgan fingerprint density at radius 3 is 2.17 bits per heavy atom. The van der Waals surface area contributed by atoms with Gasteiger partial charge in [-0.3, -0.25) is 0 Å². The number of benzene rings is 4. The second-order valence-electron chi connectivity index (χ2n) is 7.61. The molecule has 0 heterocycles. The first-order valence-electron chi connectivity index (χ1n) is 10.3. The molecular formula is C30H26. The van der Waals surface area contributed by atoms with Crippen molar-refractivity contribution in [2.45, 2.75) is 13.8 Å². The summed E-state index contributed by atoms with van der Waals surface area (Å²) in [7, 11) is 0. The summed E-state index contributed by atoms with van der Waals surface area (Å²) in [5.41, 5.74) is 7.03. The monoisotopic (exact) mass is 386 g/mol. The molecule has 0 aliphatic heterocycles. The van der Waals surface area contributed by atoms with Gasteiger partial charge in [0.1, 0.15) is 0 Å². The van der Waals surface area contributed by atoms with Crippen LogP contribution in [0.5, 0.6) is 0 Å². The van der Waals surface area contributed by atoms with Gasteiger partial charge in [-0.05, 0) is 87.5 Å². The summed E-state index contributed by atoms with van der Waals surface area (Å²) < 4.78 is 0. The SMILES string of the molecule is C=C/C=C\C(=C/C)c1cc(C(=C)C)cc(-c2cc3ccccc3c3ccccc23)c1. The van der Waals surface area contributed by atoms with Crippen LogP contribution in [0.2, 0.25) is 0 Å². The lowest BCUT2D eigenvalue weighted by Gasteiger charge is -2.15. The Kier molecular flexibility index (Phi) is 5.50. The minimum atomic E-state index is 1.06. The van der Waals surface area contributed by atoms with Crippen LogP contribution < -0.4 is 0 Å². The second kappa shape index (κ2) is 8.39. The average molecular weight is 387 g/mol. The quantitative estimate of drug-likeness (QED) is 0.237. The van der Waals surface area contributed by atoms with Gasteiger partial charge in [0.2, 0.25) is 0 Å².